The number of hydrogen-bond acceptors (Lipinski definition) is 6. The van der Waals surface area contributed by atoms with Gasteiger partial charge in [0, 0.05) is 12.1 Å². The van der Waals surface area contributed by atoms with Crippen LogP contribution < -0.4 is 26.8 Å². The average molecular weight is 477 g/mol. The van der Waals surface area contributed by atoms with E-state index < -0.39 is 23.2 Å². The highest BCUT2D eigenvalue weighted by molar-refractivity contribution is 5.57. The largest absolute Gasteiger partial charge is 0.493 e. The van der Waals surface area contributed by atoms with E-state index in [4.69, 9.17) is 0 Å². The van der Waals surface area contributed by atoms with Crippen LogP contribution in [0.15, 0.2) is 29.2 Å². The van der Waals surface area contributed by atoms with Crippen LogP contribution in [0.25, 0.3) is 11.7 Å². The molecule has 10 nitrogen and oxygen atoms in total. The van der Waals surface area contributed by atoms with Crippen LogP contribution in [-0.4, -0.2) is 40.7 Å². The predicted molar refractivity (Wildman–Crippen MR) is 108 cm³/mol. The number of hydrogen-bond donors (Lipinski definition) is 5. The summed E-state index contributed by atoms with van der Waals surface area (Å²) in [6, 6.07) is 2.35. The molecule has 1 aliphatic rings. The molecule has 3 heterocycles. The summed E-state index contributed by atoms with van der Waals surface area (Å²) in [4.78, 5) is 27.9. The van der Waals surface area contributed by atoms with Crippen LogP contribution in [-0.2, 0) is 12.7 Å². The minimum absolute atomic E-state index is 0.0226. The fourth-order valence-electron chi connectivity index (χ4n) is 3.29. The number of aromatic nitrogens is 6. The van der Waals surface area contributed by atoms with Gasteiger partial charge in [0.1, 0.15) is 11.5 Å². The Labute approximate surface area is 186 Å². The van der Waals surface area contributed by atoms with Crippen molar-refractivity contribution in [2.45, 2.75) is 31.6 Å². The Hall–Kier alpha value is -4.23. The minimum Gasteiger partial charge on any atom is -0.493 e. The van der Waals surface area contributed by atoms with Crippen molar-refractivity contribution in [3.05, 3.63) is 68.4 Å². The van der Waals surface area contributed by atoms with Crippen molar-refractivity contribution in [3.63, 3.8) is 0 Å². The van der Waals surface area contributed by atoms with E-state index in [1.807, 2.05) is 0 Å². The molecule has 1 aliphatic carbocycles. The van der Waals surface area contributed by atoms with E-state index in [1.54, 1.807) is 0 Å². The zero-order valence-corrected chi connectivity index (χ0v) is 17.2. The number of imidazole rings is 1. The van der Waals surface area contributed by atoms with Crippen molar-refractivity contribution in [2.24, 2.45) is 0 Å². The summed E-state index contributed by atoms with van der Waals surface area (Å²) in [5, 5.41) is 17.3. The molecule has 14 heteroatoms. The number of benzene rings is 1. The van der Waals surface area contributed by atoms with Gasteiger partial charge in [-0.05, 0) is 42.1 Å². The van der Waals surface area contributed by atoms with Crippen LogP contribution in [0.3, 0.4) is 0 Å². The molecule has 0 bridgehead atoms. The van der Waals surface area contributed by atoms with Crippen LogP contribution in [0.4, 0.5) is 23.5 Å². The molecule has 5 rings (SSSR count). The number of nitrogens with zero attached hydrogens (tertiary/aromatic N) is 4. The van der Waals surface area contributed by atoms with E-state index in [-0.39, 0.29) is 41.3 Å². The van der Waals surface area contributed by atoms with Gasteiger partial charge in [-0.25, -0.2) is 9.18 Å². The number of rotatable bonds is 5. The number of nitrogens with one attached hydrogen (secondary N) is 4. The highest BCUT2D eigenvalue weighted by Gasteiger charge is 2.31. The second-order valence-electron chi connectivity index (χ2n) is 7.77. The van der Waals surface area contributed by atoms with Gasteiger partial charge in [-0.15, -0.1) is 5.10 Å². The van der Waals surface area contributed by atoms with Crippen LogP contribution in [0, 0.1) is 5.82 Å². The number of fused-ring (bicyclic) bond motifs is 1. The van der Waals surface area contributed by atoms with Crippen LogP contribution in [0.1, 0.15) is 29.7 Å². The van der Waals surface area contributed by atoms with E-state index >= 15 is 0 Å². The molecule has 0 atom stereocenters. The monoisotopic (exact) mass is 477 g/mol. The first-order valence-electron chi connectivity index (χ1n) is 10.1. The van der Waals surface area contributed by atoms with Gasteiger partial charge in [-0.1, -0.05) is 4.52 Å². The van der Waals surface area contributed by atoms with Gasteiger partial charge in [0.05, 0.1) is 23.0 Å². The third kappa shape index (κ3) is 4.33. The molecule has 0 amide bonds. The van der Waals surface area contributed by atoms with Gasteiger partial charge in [0.25, 0.3) is 0 Å². The number of anilines is 1. The lowest BCUT2D eigenvalue weighted by molar-refractivity contribution is -0.523. The van der Waals surface area contributed by atoms with E-state index in [1.165, 1.54) is 16.8 Å². The van der Waals surface area contributed by atoms with Crippen molar-refractivity contribution in [3.8, 4) is 5.88 Å². The molecule has 1 saturated carbocycles. The van der Waals surface area contributed by atoms with Crippen molar-refractivity contribution < 1.29 is 27.7 Å². The van der Waals surface area contributed by atoms with E-state index in [9.17, 15) is 27.5 Å². The third-order valence-electron chi connectivity index (χ3n) is 5.15. The SMILES string of the molecule is O=c1[nH]c(O)c(C=c2cnn3c(=[NH+]C4CC4)nc(NCc4cc(C(F)(F)F)ccc4F)nc23)[nH]1. The normalized spacial score (nSPS) is 15.4. The summed E-state index contributed by atoms with van der Waals surface area (Å²) in [7, 11) is 0. The summed E-state index contributed by atoms with van der Waals surface area (Å²) < 4.78 is 54.6. The first-order valence-corrected chi connectivity index (χ1v) is 10.1. The summed E-state index contributed by atoms with van der Waals surface area (Å²) in [5.74, 6) is -1.15. The van der Waals surface area contributed by atoms with Crippen molar-refractivity contribution in [2.75, 3.05) is 5.32 Å². The fourth-order valence-corrected chi connectivity index (χ4v) is 3.29. The van der Waals surface area contributed by atoms with E-state index in [2.05, 4.69) is 35.3 Å². The smallest absolute Gasteiger partial charge is 0.421 e. The van der Waals surface area contributed by atoms with Crippen molar-refractivity contribution in [1.82, 2.24) is 29.5 Å². The lowest BCUT2D eigenvalue weighted by atomic mass is 10.1. The maximum absolute atomic E-state index is 14.1. The summed E-state index contributed by atoms with van der Waals surface area (Å²) in [6.07, 6.45) is 0.153. The lowest BCUT2D eigenvalue weighted by Crippen LogP contribution is -2.80. The molecular weight excluding hydrogens is 460 g/mol. The van der Waals surface area contributed by atoms with Crippen molar-refractivity contribution in [1.29, 1.82) is 0 Å². The summed E-state index contributed by atoms with van der Waals surface area (Å²) in [5.41, 5.74) is -1.05. The predicted octanol–water partition coefficient (Wildman–Crippen LogP) is -0.692. The molecule has 3 aromatic heterocycles. The Morgan fingerprint density at radius 2 is 2.06 bits per heavy atom. The topological polar surface area (TPSA) is 138 Å². The van der Waals surface area contributed by atoms with Gasteiger partial charge in [0.2, 0.25) is 11.5 Å². The second kappa shape index (κ2) is 7.97. The molecule has 0 radical (unpaired) electrons. The molecule has 0 aliphatic heterocycles. The van der Waals surface area contributed by atoms with E-state index in [0.29, 0.717) is 16.9 Å². The Kier molecular flexibility index (Phi) is 5.06. The minimum atomic E-state index is -4.60. The molecular formula is C20H17F4N8O2+. The van der Waals surface area contributed by atoms with Gasteiger partial charge in [-0.2, -0.15) is 18.2 Å². The molecule has 1 fully saturated rings. The molecule has 4 aromatic rings. The molecule has 1 aromatic carbocycles. The van der Waals surface area contributed by atoms with Gasteiger partial charge < -0.3 is 15.4 Å². The third-order valence-corrected chi connectivity index (χ3v) is 5.15. The molecule has 34 heavy (non-hydrogen) atoms. The molecule has 176 valence electrons. The zero-order chi connectivity index (χ0) is 24.0. The quantitative estimate of drug-likeness (QED) is 0.241. The van der Waals surface area contributed by atoms with Crippen molar-refractivity contribution >= 4 is 17.7 Å². The number of aromatic hydroxyl groups is 1. The van der Waals surface area contributed by atoms with Crippen LogP contribution in [0.2, 0.25) is 0 Å². The van der Waals surface area contributed by atoms with Gasteiger partial charge >= 0.3 is 23.4 Å². The number of aromatic amines is 2. The number of halogens is 4. The Morgan fingerprint density at radius 3 is 2.74 bits per heavy atom. The fraction of sp³-hybridized carbons (Fsp3) is 0.250. The van der Waals surface area contributed by atoms with Gasteiger partial charge in [-0.3, -0.25) is 9.98 Å². The molecule has 0 saturated heterocycles. The van der Waals surface area contributed by atoms with Gasteiger partial charge in [0.15, 0.2) is 0 Å². The van der Waals surface area contributed by atoms with Crippen LogP contribution in [0.5, 0.6) is 5.88 Å². The molecule has 5 N–H and O–H groups in total. The molecule has 0 unspecified atom stereocenters. The second-order valence-corrected chi connectivity index (χ2v) is 7.77. The maximum atomic E-state index is 14.1. The standard InChI is InChI=1S/C20H16F4N8O2/c21-13-4-1-11(20(22,23)24)5-9(13)7-25-17-29-15-10(6-14-16(33)30-19(34)28-14)8-26-32(15)18(31-17)27-12-2-3-12/h1,4-6,8,12,33H,2-3,7H2,(H,25,27,31)(H2,28,30,34)/p+1. The maximum Gasteiger partial charge on any atom is 0.421 e. The summed E-state index contributed by atoms with van der Waals surface area (Å²) >= 11 is 0. The first kappa shape index (κ1) is 21.6. The average Bonchev–Trinajstić information content (AvgIpc) is 3.40. The molecule has 0 spiro atoms. The highest BCUT2D eigenvalue weighted by atomic mass is 19.4. The highest BCUT2D eigenvalue weighted by Crippen LogP contribution is 2.30. The number of H-pyrrole nitrogens is 2. The van der Waals surface area contributed by atoms with Crippen LogP contribution >= 0.6 is 0 Å². The van der Waals surface area contributed by atoms with E-state index in [0.717, 1.165) is 25.0 Å². The Balaban J connectivity index is 1.56. The number of alkyl halides is 3. The summed E-state index contributed by atoms with van der Waals surface area (Å²) in [6.45, 7) is -0.298. The zero-order valence-electron chi connectivity index (χ0n) is 17.2. The Morgan fingerprint density at radius 1 is 1.26 bits per heavy atom. The first-order chi connectivity index (χ1) is 16.2. The Bertz CT molecular complexity index is 1570. The lowest BCUT2D eigenvalue weighted by Gasteiger charge is -2.10.